The zero-order valence-corrected chi connectivity index (χ0v) is 10.6. The molecule has 18 heavy (non-hydrogen) atoms. The molecular weight excluding hydrogens is 234 g/mol. The summed E-state index contributed by atoms with van der Waals surface area (Å²) in [5.41, 5.74) is 0. The predicted octanol–water partition coefficient (Wildman–Crippen LogP) is -0.750. The van der Waals surface area contributed by atoms with Crippen molar-refractivity contribution in [3.63, 3.8) is 0 Å². The van der Waals surface area contributed by atoms with Crippen LogP contribution in [0.3, 0.4) is 0 Å². The van der Waals surface area contributed by atoms with Crippen LogP contribution >= 0.6 is 0 Å². The smallest absolute Gasteiger partial charge is 0.228 e. The molecule has 2 aliphatic heterocycles. The molecule has 100 valence electrons. The summed E-state index contributed by atoms with van der Waals surface area (Å²) in [6.07, 6.45) is 2.09. The fourth-order valence-corrected chi connectivity index (χ4v) is 2.62. The summed E-state index contributed by atoms with van der Waals surface area (Å²) >= 11 is 0. The van der Waals surface area contributed by atoms with Gasteiger partial charge in [-0.2, -0.15) is 0 Å². The quantitative estimate of drug-likeness (QED) is 0.679. The number of nitrogens with zero attached hydrogens (tertiary/aromatic N) is 1. The van der Waals surface area contributed by atoms with Gasteiger partial charge in [0.15, 0.2) is 0 Å². The van der Waals surface area contributed by atoms with Gasteiger partial charge in [0.2, 0.25) is 17.7 Å². The van der Waals surface area contributed by atoms with E-state index in [2.05, 4.69) is 10.6 Å². The molecule has 2 saturated heterocycles. The molecule has 2 atom stereocenters. The van der Waals surface area contributed by atoms with Gasteiger partial charge in [0.25, 0.3) is 0 Å². The predicted molar refractivity (Wildman–Crippen MR) is 64.5 cm³/mol. The highest BCUT2D eigenvalue weighted by Gasteiger charge is 2.33. The summed E-state index contributed by atoms with van der Waals surface area (Å²) in [7, 11) is 0. The Hall–Kier alpha value is -1.59. The van der Waals surface area contributed by atoms with Crippen molar-refractivity contribution in [3.8, 4) is 0 Å². The van der Waals surface area contributed by atoms with E-state index in [1.807, 2.05) is 0 Å². The summed E-state index contributed by atoms with van der Waals surface area (Å²) in [5.74, 6) is -0.312. The number of likely N-dealkylation sites (tertiary alicyclic amines) is 1. The fraction of sp³-hybridized carbons (Fsp3) is 0.750. The van der Waals surface area contributed by atoms with E-state index in [0.717, 1.165) is 19.4 Å². The van der Waals surface area contributed by atoms with Crippen LogP contribution in [-0.2, 0) is 14.4 Å². The minimum atomic E-state index is -0.228. The minimum Gasteiger partial charge on any atom is -0.355 e. The van der Waals surface area contributed by atoms with Gasteiger partial charge < -0.3 is 15.5 Å². The minimum absolute atomic E-state index is 0.0309. The lowest BCUT2D eigenvalue weighted by atomic mass is 10.0. The molecule has 2 rings (SSSR count). The Morgan fingerprint density at radius 3 is 2.83 bits per heavy atom. The highest BCUT2D eigenvalue weighted by Crippen LogP contribution is 2.17. The van der Waals surface area contributed by atoms with Crippen LogP contribution in [0.4, 0.5) is 0 Å². The molecular formula is C12H19N3O3. The molecule has 3 amide bonds. The zero-order valence-electron chi connectivity index (χ0n) is 10.6. The van der Waals surface area contributed by atoms with Crippen LogP contribution in [0.5, 0.6) is 0 Å². The summed E-state index contributed by atoms with van der Waals surface area (Å²) in [6.45, 7) is 3.21. The third-order valence-corrected chi connectivity index (χ3v) is 3.47. The van der Waals surface area contributed by atoms with Crippen molar-refractivity contribution in [3.05, 3.63) is 0 Å². The lowest BCUT2D eigenvalue weighted by Crippen LogP contribution is -2.50. The summed E-state index contributed by atoms with van der Waals surface area (Å²) in [4.78, 5) is 36.1. The van der Waals surface area contributed by atoms with Gasteiger partial charge >= 0.3 is 0 Å². The van der Waals surface area contributed by atoms with Crippen LogP contribution in [0.2, 0.25) is 0 Å². The molecule has 0 radical (unpaired) electrons. The van der Waals surface area contributed by atoms with Crippen molar-refractivity contribution in [2.24, 2.45) is 5.92 Å². The van der Waals surface area contributed by atoms with Gasteiger partial charge in [0.1, 0.15) is 0 Å². The Kier molecular flexibility index (Phi) is 3.84. The first-order valence-electron chi connectivity index (χ1n) is 6.39. The van der Waals surface area contributed by atoms with Gasteiger partial charge in [0.05, 0.1) is 5.92 Å². The summed E-state index contributed by atoms with van der Waals surface area (Å²) in [6, 6.07) is 0.0465. The molecule has 2 N–H and O–H groups in total. The van der Waals surface area contributed by atoms with Crippen molar-refractivity contribution in [2.75, 3.05) is 19.6 Å². The summed E-state index contributed by atoms with van der Waals surface area (Å²) < 4.78 is 0. The number of nitrogens with one attached hydrogen (secondary N) is 2. The molecule has 2 heterocycles. The molecule has 0 saturated carbocycles. The molecule has 0 aliphatic carbocycles. The van der Waals surface area contributed by atoms with Gasteiger partial charge in [0, 0.05) is 39.0 Å². The van der Waals surface area contributed by atoms with Crippen molar-refractivity contribution < 1.29 is 14.4 Å². The van der Waals surface area contributed by atoms with E-state index in [9.17, 15) is 14.4 Å². The third kappa shape index (κ3) is 3.00. The van der Waals surface area contributed by atoms with Crippen LogP contribution in [0.15, 0.2) is 0 Å². The molecule has 2 aliphatic rings. The van der Waals surface area contributed by atoms with Crippen LogP contribution in [0.25, 0.3) is 0 Å². The van der Waals surface area contributed by atoms with E-state index < -0.39 is 0 Å². The van der Waals surface area contributed by atoms with Crippen molar-refractivity contribution >= 4 is 17.7 Å². The molecule has 6 nitrogen and oxygen atoms in total. The largest absolute Gasteiger partial charge is 0.355 e. The number of piperidine rings is 1. The average molecular weight is 253 g/mol. The van der Waals surface area contributed by atoms with Crippen LogP contribution in [-0.4, -0.2) is 48.3 Å². The highest BCUT2D eigenvalue weighted by molar-refractivity contribution is 5.89. The first-order chi connectivity index (χ1) is 8.56. The Labute approximate surface area is 106 Å². The maximum absolute atomic E-state index is 12.2. The highest BCUT2D eigenvalue weighted by atomic mass is 16.2. The van der Waals surface area contributed by atoms with E-state index in [0.29, 0.717) is 19.5 Å². The van der Waals surface area contributed by atoms with E-state index >= 15 is 0 Å². The second kappa shape index (κ2) is 5.37. The Morgan fingerprint density at radius 2 is 2.22 bits per heavy atom. The van der Waals surface area contributed by atoms with Crippen LogP contribution < -0.4 is 10.6 Å². The van der Waals surface area contributed by atoms with Crippen molar-refractivity contribution in [1.82, 2.24) is 15.5 Å². The standard InChI is InChI=1S/C12H19N3O3/c1-8(16)14-10-3-2-4-15(7-10)12(18)9-5-11(17)13-6-9/h9-10H,2-7H2,1H3,(H,13,17)(H,14,16). The van der Waals surface area contributed by atoms with E-state index in [-0.39, 0.29) is 29.7 Å². The normalized spacial score (nSPS) is 27.8. The van der Waals surface area contributed by atoms with Gasteiger partial charge in [-0.3, -0.25) is 14.4 Å². The number of hydrogen-bond donors (Lipinski definition) is 2. The Balaban J connectivity index is 1.90. The van der Waals surface area contributed by atoms with Crippen LogP contribution in [0.1, 0.15) is 26.2 Å². The second-order valence-corrected chi connectivity index (χ2v) is 5.03. The first-order valence-corrected chi connectivity index (χ1v) is 6.39. The first kappa shape index (κ1) is 12.9. The van der Waals surface area contributed by atoms with Gasteiger partial charge in [-0.25, -0.2) is 0 Å². The van der Waals surface area contributed by atoms with Crippen molar-refractivity contribution in [2.45, 2.75) is 32.2 Å². The van der Waals surface area contributed by atoms with Gasteiger partial charge in [-0.1, -0.05) is 0 Å². The number of hydrogen-bond acceptors (Lipinski definition) is 3. The second-order valence-electron chi connectivity index (χ2n) is 5.03. The Bertz CT molecular complexity index is 370. The Morgan fingerprint density at radius 1 is 1.44 bits per heavy atom. The summed E-state index contributed by atoms with van der Waals surface area (Å²) in [5, 5.41) is 5.53. The number of amides is 3. The lowest BCUT2D eigenvalue weighted by molar-refractivity contribution is -0.137. The fourth-order valence-electron chi connectivity index (χ4n) is 2.62. The maximum atomic E-state index is 12.2. The van der Waals surface area contributed by atoms with Crippen molar-refractivity contribution in [1.29, 1.82) is 0 Å². The number of rotatable bonds is 2. The molecule has 2 fully saturated rings. The van der Waals surface area contributed by atoms with E-state index in [1.54, 1.807) is 4.90 Å². The molecule has 0 aromatic heterocycles. The molecule has 0 spiro atoms. The lowest BCUT2D eigenvalue weighted by Gasteiger charge is -2.34. The monoisotopic (exact) mass is 253 g/mol. The maximum Gasteiger partial charge on any atom is 0.228 e. The zero-order chi connectivity index (χ0) is 13.1. The molecule has 0 bridgehead atoms. The molecule has 2 unspecified atom stereocenters. The SMILES string of the molecule is CC(=O)NC1CCCN(C(=O)C2CNC(=O)C2)C1. The molecule has 0 aromatic carbocycles. The molecule has 0 aromatic rings. The van der Waals surface area contributed by atoms with Gasteiger partial charge in [-0.15, -0.1) is 0 Å². The third-order valence-electron chi connectivity index (χ3n) is 3.47. The number of carbonyl (C=O) groups excluding carboxylic acids is 3. The average Bonchev–Trinajstić information content (AvgIpc) is 2.74. The van der Waals surface area contributed by atoms with Gasteiger partial charge in [-0.05, 0) is 12.8 Å². The molecule has 6 heteroatoms. The topological polar surface area (TPSA) is 78.5 Å². The van der Waals surface area contributed by atoms with E-state index in [1.165, 1.54) is 6.92 Å². The van der Waals surface area contributed by atoms with Crippen LogP contribution in [0, 0.1) is 5.92 Å². The number of carbonyl (C=O) groups is 3. The van der Waals surface area contributed by atoms with E-state index in [4.69, 9.17) is 0 Å².